The van der Waals surface area contributed by atoms with E-state index in [1.807, 2.05) is 6.07 Å². The van der Waals surface area contributed by atoms with Crippen molar-refractivity contribution >= 4 is 23.2 Å². The van der Waals surface area contributed by atoms with Gasteiger partial charge in [0.1, 0.15) is 0 Å². The van der Waals surface area contributed by atoms with Gasteiger partial charge in [-0.15, -0.1) is 0 Å². The van der Waals surface area contributed by atoms with Crippen LogP contribution in [0.15, 0.2) is 28.8 Å². The molecule has 0 spiro atoms. The Balaban J connectivity index is 2.13. The number of benzene rings is 1. The molecule has 0 aliphatic carbocycles. The molecule has 2 aromatic rings. The maximum atomic E-state index is 6.12. The molecular formula is C13H14Cl2N2O. The zero-order valence-corrected chi connectivity index (χ0v) is 11.6. The topological polar surface area (TPSA) is 38.1 Å². The van der Waals surface area contributed by atoms with Crippen LogP contribution in [0.25, 0.3) is 11.3 Å². The van der Waals surface area contributed by atoms with E-state index in [4.69, 9.17) is 27.6 Å². The van der Waals surface area contributed by atoms with E-state index in [0.29, 0.717) is 21.7 Å². The van der Waals surface area contributed by atoms with Crippen molar-refractivity contribution in [3.63, 3.8) is 0 Å². The quantitative estimate of drug-likeness (QED) is 0.849. The van der Waals surface area contributed by atoms with Gasteiger partial charge in [-0.2, -0.15) is 0 Å². The molecule has 0 atom stereocenters. The highest BCUT2D eigenvalue weighted by molar-refractivity contribution is 6.36. The van der Waals surface area contributed by atoms with Crippen molar-refractivity contribution in [1.29, 1.82) is 0 Å². The Bertz CT molecular complexity index is 525. The number of hydrogen-bond acceptors (Lipinski definition) is 3. The summed E-state index contributed by atoms with van der Waals surface area (Å²) in [5, 5.41) is 4.39. The number of oxazole rings is 1. The standard InChI is InChI=1S/C13H14Cl2N2O/c1-2-16-6-5-13-17-8-12(18-13)10-4-3-9(14)7-11(10)15/h3-4,7-8,16H,2,5-6H2,1H3. The molecule has 0 aliphatic heterocycles. The maximum absolute atomic E-state index is 6.12. The SMILES string of the molecule is CCNCCc1ncc(-c2ccc(Cl)cc2Cl)o1. The molecule has 0 unspecified atom stereocenters. The van der Waals surface area contributed by atoms with Gasteiger partial charge in [0, 0.05) is 23.6 Å². The van der Waals surface area contributed by atoms with Crippen LogP contribution in [0, 0.1) is 0 Å². The van der Waals surface area contributed by atoms with Crippen LogP contribution in [0.1, 0.15) is 12.8 Å². The zero-order valence-electron chi connectivity index (χ0n) is 10.0. The third kappa shape index (κ3) is 3.25. The van der Waals surface area contributed by atoms with Crippen molar-refractivity contribution < 1.29 is 4.42 Å². The Morgan fingerprint density at radius 1 is 1.33 bits per heavy atom. The Labute approximate surface area is 116 Å². The summed E-state index contributed by atoms with van der Waals surface area (Å²) in [6.07, 6.45) is 2.45. The van der Waals surface area contributed by atoms with Crippen molar-refractivity contribution in [3.8, 4) is 11.3 Å². The van der Waals surface area contributed by atoms with E-state index < -0.39 is 0 Å². The van der Waals surface area contributed by atoms with Gasteiger partial charge in [0.15, 0.2) is 11.7 Å². The molecule has 2 rings (SSSR count). The second-order valence-corrected chi connectivity index (χ2v) is 4.69. The van der Waals surface area contributed by atoms with Gasteiger partial charge in [-0.05, 0) is 24.7 Å². The van der Waals surface area contributed by atoms with Crippen molar-refractivity contribution in [2.45, 2.75) is 13.3 Å². The van der Waals surface area contributed by atoms with E-state index in [0.717, 1.165) is 25.1 Å². The Morgan fingerprint density at radius 3 is 2.89 bits per heavy atom. The van der Waals surface area contributed by atoms with Gasteiger partial charge in [-0.1, -0.05) is 30.1 Å². The highest BCUT2D eigenvalue weighted by Gasteiger charge is 2.10. The number of aromatic nitrogens is 1. The van der Waals surface area contributed by atoms with Crippen LogP contribution in [0.2, 0.25) is 10.0 Å². The average molecular weight is 285 g/mol. The summed E-state index contributed by atoms with van der Waals surface area (Å²) in [4.78, 5) is 4.23. The first kappa shape index (κ1) is 13.4. The minimum absolute atomic E-state index is 0.567. The number of nitrogens with zero attached hydrogens (tertiary/aromatic N) is 1. The van der Waals surface area contributed by atoms with Crippen LogP contribution in [-0.4, -0.2) is 18.1 Å². The van der Waals surface area contributed by atoms with Crippen molar-refractivity contribution in [2.24, 2.45) is 0 Å². The molecule has 3 nitrogen and oxygen atoms in total. The van der Waals surface area contributed by atoms with E-state index in [1.54, 1.807) is 18.3 Å². The molecule has 5 heteroatoms. The highest BCUT2D eigenvalue weighted by Crippen LogP contribution is 2.30. The largest absolute Gasteiger partial charge is 0.441 e. The second-order valence-electron chi connectivity index (χ2n) is 3.85. The van der Waals surface area contributed by atoms with E-state index in [9.17, 15) is 0 Å². The molecule has 0 aliphatic rings. The lowest BCUT2D eigenvalue weighted by atomic mass is 10.2. The minimum Gasteiger partial charge on any atom is -0.441 e. The van der Waals surface area contributed by atoms with Crippen LogP contribution in [-0.2, 0) is 6.42 Å². The average Bonchev–Trinajstić information content (AvgIpc) is 2.78. The van der Waals surface area contributed by atoms with Gasteiger partial charge in [-0.25, -0.2) is 4.98 Å². The second kappa shape index (κ2) is 6.23. The maximum Gasteiger partial charge on any atom is 0.196 e. The fourth-order valence-electron chi connectivity index (χ4n) is 1.61. The molecule has 0 bridgehead atoms. The molecule has 1 aromatic heterocycles. The number of rotatable bonds is 5. The zero-order chi connectivity index (χ0) is 13.0. The predicted octanol–water partition coefficient (Wildman–Crippen LogP) is 3.80. The summed E-state index contributed by atoms with van der Waals surface area (Å²) >= 11 is 12.0. The smallest absolute Gasteiger partial charge is 0.196 e. The van der Waals surface area contributed by atoms with E-state index in [1.165, 1.54) is 0 Å². The highest BCUT2D eigenvalue weighted by atomic mass is 35.5. The number of halogens is 2. The molecule has 96 valence electrons. The van der Waals surface area contributed by atoms with Gasteiger partial charge in [0.2, 0.25) is 0 Å². The van der Waals surface area contributed by atoms with Crippen LogP contribution in [0.5, 0.6) is 0 Å². The first-order valence-electron chi connectivity index (χ1n) is 5.81. The van der Waals surface area contributed by atoms with Crippen molar-refractivity contribution in [2.75, 3.05) is 13.1 Å². The first-order valence-corrected chi connectivity index (χ1v) is 6.57. The first-order chi connectivity index (χ1) is 8.70. The third-order valence-electron chi connectivity index (χ3n) is 2.52. The fourth-order valence-corrected chi connectivity index (χ4v) is 2.11. The number of nitrogens with one attached hydrogen (secondary N) is 1. The van der Waals surface area contributed by atoms with Gasteiger partial charge in [0.25, 0.3) is 0 Å². The lowest BCUT2D eigenvalue weighted by Crippen LogP contribution is -2.16. The van der Waals surface area contributed by atoms with Crippen molar-refractivity contribution in [1.82, 2.24) is 10.3 Å². The monoisotopic (exact) mass is 284 g/mol. The van der Waals surface area contributed by atoms with Gasteiger partial charge >= 0.3 is 0 Å². The third-order valence-corrected chi connectivity index (χ3v) is 3.06. The summed E-state index contributed by atoms with van der Waals surface area (Å²) in [5.74, 6) is 1.38. The van der Waals surface area contributed by atoms with Crippen LogP contribution in [0.3, 0.4) is 0 Å². The molecule has 0 fully saturated rings. The van der Waals surface area contributed by atoms with Crippen LogP contribution < -0.4 is 5.32 Å². The van der Waals surface area contributed by atoms with Crippen LogP contribution >= 0.6 is 23.2 Å². The molecule has 0 amide bonds. The molecule has 18 heavy (non-hydrogen) atoms. The van der Waals surface area contributed by atoms with Gasteiger partial charge in [0.05, 0.1) is 11.2 Å². The molecular weight excluding hydrogens is 271 g/mol. The fraction of sp³-hybridized carbons (Fsp3) is 0.308. The van der Waals surface area contributed by atoms with E-state index in [2.05, 4.69) is 17.2 Å². The van der Waals surface area contributed by atoms with Crippen LogP contribution in [0.4, 0.5) is 0 Å². The number of likely N-dealkylation sites (N-methyl/N-ethyl adjacent to an activating group) is 1. The Kier molecular flexibility index (Phi) is 4.64. The molecule has 0 radical (unpaired) electrons. The summed E-state index contributed by atoms with van der Waals surface area (Å²) in [6, 6.07) is 5.31. The van der Waals surface area contributed by atoms with Gasteiger partial charge < -0.3 is 9.73 Å². The van der Waals surface area contributed by atoms with E-state index in [-0.39, 0.29) is 0 Å². The Morgan fingerprint density at radius 2 is 2.17 bits per heavy atom. The minimum atomic E-state index is 0.567. The number of hydrogen-bond donors (Lipinski definition) is 1. The van der Waals surface area contributed by atoms with E-state index >= 15 is 0 Å². The van der Waals surface area contributed by atoms with Gasteiger partial charge in [-0.3, -0.25) is 0 Å². The molecule has 1 heterocycles. The van der Waals surface area contributed by atoms with Crippen molar-refractivity contribution in [3.05, 3.63) is 40.3 Å². The summed E-state index contributed by atoms with van der Waals surface area (Å²) in [5.41, 5.74) is 0.809. The molecule has 1 N–H and O–H groups in total. The summed E-state index contributed by atoms with van der Waals surface area (Å²) < 4.78 is 5.66. The lowest BCUT2D eigenvalue weighted by Gasteiger charge is -2.00. The predicted molar refractivity (Wildman–Crippen MR) is 74.2 cm³/mol. The summed E-state index contributed by atoms with van der Waals surface area (Å²) in [7, 11) is 0. The normalized spacial score (nSPS) is 10.8. The summed E-state index contributed by atoms with van der Waals surface area (Å²) in [6.45, 7) is 3.86. The Hall–Kier alpha value is -1.03. The lowest BCUT2D eigenvalue weighted by molar-refractivity contribution is 0.497. The molecule has 0 saturated carbocycles. The molecule has 1 aromatic carbocycles. The molecule has 0 saturated heterocycles.